The zero-order chi connectivity index (χ0) is 10.5. The first-order valence-corrected chi connectivity index (χ1v) is 5.00. The molecule has 1 saturated carbocycles. The molecule has 4 nitrogen and oxygen atoms in total. The number of benzene rings is 1. The van der Waals surface area contributed by atoms with E-state index in [0.29, 0.717) is 12.1 Å². The van der Waals surface area contributed by atoms with Crippen molar-refractivity contribution in [2.75, 3.05) is 5.06 Å². The normalized spacial score (nSPS) is 22.4. The van der Waals surface area contributed by atoms with Crippen molar-refractivity contribution in [3.8, 4) is 5.75 Å². The highest BCUT2D eigenvalue weighted by molar-refractivity contribution is 5.95. The lowest BCUT2D eigenvalue weighted by Crippen LogP contribution is -2.23. The molecule has 1 aliphatic carbocycles. The van der Waals surface area contributed by atoms with E-state index in [2.05, 4.69) is 0 Å². The minimum absolute atomic E-state index is 0.0727. The van der Waals surface area contributed by atoms with Crippen molar-refractivity contribution in [3.05, 3.63) is 24.3 Å². The molecular weight excluding hydrogens is 194 g/mol. The quantitative estimate of drug-likeness (QED) is 0.757. The Bertz CT molecular complexity index is 426. The summed E-state index contributed by atoms with van der Waals surface area (Å²) in [5.74, 6) is -0.00227. The second kappa shape index (κ2) is 2.73. The van der Waals surface area contributed by atoms with E-state index in [1.54, 1.807) is 24.3 Å². The molecule has 1 spiro atoms. The number of hydrogen-bond acceptors (Lipinski definition) is 3. The summed E-state index contributed by atoms with van der Waals surface area (Å²) in [5, 5.41) is 10.8. The van der Waals surface area contributed by atoms with Gasteiger partial charge in [0, 0.05) is 0 Å². The molecule has 1 aromatic carbocycles. The number of carbonyl (C=O) groups excluding carboxylic acids is 1. The molecule has 15 heavy (non-hydrogen) atoms. The van der Waals surface area contributed by atoms with E-state index >= 15 is 0 Å². The summed E-state index contributed by atoms with van der Waals surface area (Å²) in [6.07, 6.45) is 2.30. The molecule has 0 atom stereocenters. The molecule has 1 N–H and O–H groups in total. The van der Waals surface area contributed by atoms with Crippen molar-refractivity contribution in [1.29, 1.82) is 0 Å². The molecule has 1 saturated heterocycles. The van der Waals surface area contributed by atoms with Gasteiger partial charge in [0.15, 0.2) is 0 Å². The van der Waals surface area contributed by atoms with Crippen molar-refractivity contribution in [3.63, 3.8) is 0 Å². The van der Waals surface area contributed by atoms with Crippen molar-refractivity contribution in [2.45, 2.75) is 24.9 Å². The number of anilines is 1. The maximum Gasteiger partial charge on any atom is 0.254 e. The summed E-state index contributed by atoms with van der Waals surface area (Å²) < 4.78 is 0. The first kappa shape index (κ1) is 8.73. The standard InChI is InChI=1S/C11H11NO3/c13-9-4-2-1-3-8(9)12-10(14)7-11(15-12)5-6-11/h1-4,13H,5-7H2. The molecular formula is C11H11NO3. The van der Waals surface area contributed by atoms with E-state index in [-0.39, 0.29) is 17.3 Å². The van der Waals surface area contributed by atoms with Gasteiger partial charge in [0.05, 0.1) is 6.42 Å². The topological polar surface area (TPSA) is 49.8 Å². The lowest BCUT2D eigenvalue weighted by molar-refractivity contribution is -0.119. The number of amides is 1. The first-order chi connectivity index (χ1) is 7.20. The van der Waals surface area contributed by atoms with Gasteiger partial charge in [-0.15, -0.1) is 0 Å². The van der Waals surface area contributed by atoms with Gasteiger partial charge in [0.2, 0.25) is 0 Å². The summed E-state index contributed by atoms with van der Waals surface area (Å²) in [7, 11) is 0. The number of hydroxylamine groups is 1. The third kappa shape index (κ3) is 1.29. The Morgan fingerprint density at radius 3 is 2.67 bits per heavy atom. The largest absolute Gasteiger partial charge is 0.506 e. The number of rotatable bonds is 1. The van der Waals surface area contributed by atoms with Crippen LogP contribution in [0.1, 0.15) is 19.3 Å². The molecule has 0 unspecified atom stereocenters. The average Bonchev–Trinajstić information content (AvgIpc) is 2.87. The maximum absolute atomic E-state index is 11.7. The highest BCUT2D eigenvalue weighted by Gasteiger charge is 2.54. The number of carbonyl (C=O) groups is 1. The van der Waals surface area contributed by atoms with Crippen molar-refractivity contribution >= 4 is 11.6 Å². The fourth-order valence-electron chi connectivity index (χ4n) is 1.85. The lowest BCUT2D eigenvalue weighted by atomic mass is 10.2. The van der Waals surface area contributed by atoms with Crippen LogP contribution in [0.3, 0.4) is 0 Å². The second-order valence-electron chi connectivity index (χ2n) is 4.13. The SMILES string of the molecule is O=C1CC2(CC2)ON1c1ccccc1O. The summed E-state index contributed by atoms with van der Waals surface area (Å²) >= 11 is 0. The number of phenols is 1. The smallest absolute Gasteiger partial charge is 0.254 e. The highest BCUT2D eigenvalue weighted by Crippen LogP contribution is 2.49. The van der Waals surface area contributed by atoms with Crippen LogP contribution in [0.5, 0.6) is 5.75 Å². The van der Waals surface area contributed by atoms with Gasteiger partial charge >= 0.3 is 0 Å². The number of phenolic OH excluding ortho intramolecular Hbond substituents is 1. The zero-order valence-electron chi connectivity index (χ0n) is 8.14. The molecule has 2 fully saturated rings. The van der Waals surface area contributed by atoms with Gasteiger partial charge in [-0.3, -0.25) is 9.63 Å². The Kier molecular flexibility index (Phi) is 1.59. The van der Waals surface area contributed by atoms with Gasteiger partial charge in [-0.05, 0) is 25.0 Å². The van der Waals surface area contributed by atoms with Crippen LogP contribution in [0.2, 0.25) is 0 Å². The fourth-order valence-corrected chi connectivity index (χ4v) is 1.85. The Morgan fingerprint density at radius 1 is 1.33 bits per heavy atom. The summed E-state index contributed by atoms with van der Waals surface area (Å²) in [4.78, 5) is 17.2. The minimum Gasteiger partial charge on any atom is -0.506 e. The van der Waals surface area contributed by atoms with Gasteiger partial charge < -0.3 is 5.11 Å². The minimum atomic E-state index is -0.251. The molecule has 3 rings (SSSR count). The third-order valence-corrected chi connectivity index (χ3v) is 2.89. The summed E-state index contributed by atoms with van der Waals surface area (Å²) in [6.45, 7) is 0. The molecule has 0 aromatic heterocycles. The van der Waals surface area contributed by atoms with Crippen LogP contribution in [0.4, 0.5) is 5.69 Å². The molecule has 0 bridgehead atoms. The predicted molar refractivity (Wildman–Crippen MR) is 53.3 cm³/mol. The molecule has 78 valence electrons. The highest BCUT2D eigenvalue weighted by atomic mass is 16.7. The van der Waals surface area contributed by atoms with Crippen molar-refractivity contribution in [1.82, 2.24) is 0 Å². The van der Waals surface area contributed by atoms with E-state index in [4.69, 9.17) is 4.84 Å². The van der Waals surface area contributed by atoms with E-state index < -0.39 is 0 Å². The van der Waals surface area contributed by atoms with Gasteiger partial charge in [0.25, 0.3) is 5.91 Å². The molecule has 1 amide bonds. The van der Waals surface area contributed by atoms with Crippen LogP contribution in [-0.2, 0) is 9.63 Å². The van der Waals surface area contributed by atoms with Gasteiger partial charge in [-0.2, -0.15) is 5.06 Å². The third-order valence-electron chi connectivity index (χ3n) is 2.89. The van der Waals surface area contributed by atoms with Gasteiger partial charge in [-0.25, -0.2) is 0 Å². The van der Waals surface area contributed by atoms with E-state index in [1.165, 1.54) is 5.06 Å². The number of hydrogen-bond donors (Lipinski definition) is 1. The molecule has 0 radical (unpaired) electrons. The molecule has 2 aliphatic rings. The predicted octanol–water partition coefficient (Wildman–Crippen LogP) is 1.59. The van der Waals surface area contributed by atoms with Crippen molar-refractivity contribution < 1.29 is 14.7 Å². The molecule has 1 heterocycles. The van der Waals surface area contributed by atoms with Crippen LogP contribution < -0.4 is 5.06 Å². The monoisotopic (exact) mass is 205 g/mol. The Morgan fingerprint density at radius 2 is 2.07 bits per heavy atom. The number of aromatic hydroxyl groups is 1. The molecule has 1 aliphatic heterocycles. The lowest BCUT2D eigenvalue weighted by Gasteiger charge is -2.16. The van der Waals surface area contributed by atoms with Crippen molar-refractivity contribution in [2.24, 2.45) is 0 Å². The van der Waals surface area contributed by atoms with E-state index in [0.717, 1.165) is 12.8 Å². The Hall–Kier alpha value is -1.55. The van der Waals surface area contributed by atoms with Crippen LogP contribution in [-0.4, -0.2) is 16.6 Å². The van der Waals surface area contributed by atoms with Crippen LogP contribution in [0.15, 0.2) is 24.3 Å². The Labute approximate surface area is 87.0 Å². The number of nitrogens with zero attached hydrogens (tertiary/aromatic N) is 1. The fraction of sp³-hybridized carbons (Fsp3) is 0.364. The maximum atomic E-state index is 11.7. The Balaban J connectivity index is 1.95. The summed E-state index contributed by atoms with van der Waals surface area (Å²) in [6, 6.07) is 6.70. The van der Waals surface area contributed by atoms with E-state index in [1.807, 2.05) is 0 Å². The van der Waals surface area contributed by atoms with Crippen LogP contribution in [0.25, 0.3) is 0 Å². The first-order valence-electron chi connectivity index (χ1n) is 5.00. The second-order valence-corrected chi connectivity index (χ2v) is 4.13. The van der Waals surface area contributed by atoms with Crippen LogP contribution in [0, 0.1) is 0 Å². The average molecular weight is 205 g/mol. The number of para-hydroxylation sites is 2. The van der Waals surface area contributed by atoms with Gasteiger partial charge in [0.1, 0.15) is 17.0 Å². The van der Waals surface area contributed by atoms with E-state index in [9.17, 15) is 9.90 Å². The molecule has 1 aromatic rings. The summed E-state index contributed by atoms with van der Waals surface area (Å²) in [5.41, 5.74) is 0.186. The zero-order valence-corrected chi connectivity index (χ0v) is 8.14. The van der Waals surface area contributed by atoms with Gasteiger partial charge in [-0.1, -0.05) is 12.1 Å². The van der Waals surface area contributed by atoms with Crippen LogP contribution >= 0.6 is 0 Å². The molecule has 4 heteroatoms.